The lowest BCUT2D eigenvalue weighted by Crippen LogP contribution is -2.56. The molecule has 3 aliphatic heterocycles. The molecule has 3 aromatic rings. The molecule has 53 heavy (non-hydrogen) atoms. The summed E-state index contributed by atoms with van der Waals surface area (Å²) in [7, 11) is 3.12. The summed E-state index contributed by atoms with van der Waals surface area (Å²) in [6.07, 6.45) is 2.24. The maximum absolute atomic E-state index is 14.3. The average molecular weight is 724 g/mol. The van der Waals surface area contributed by atoms with Crippen LogP contribution in [0, 0.1) is 24.7 Å². The summed E-state index contributed by atoms with van der Waals surface area (Å²) in [4.78, 5) is 59.1. The topological polar surface area (TPSA) is 129 Å². The molecular weight excluding hydrogens is 670 g/mol. The van der Waals surface area contributed by atoms with Crippen molar-refractivity contribution in [2.45, 2.75) is 64.5 Å². The van der Waals surface area contributed by atoms with Gasteiger partial charge in [0.2, 0.25) is 17.7 Å². The summed E-state index contributed by atoms with van der Waals surface area (Å²) in [5, 5.41) is 9.23. The molecule has 11 nitrogen and oxygen atoms in total. The summed E-state index contributed by atoms with van der Waals surface area (Å²) < 4.78 is 11.4. The van der Waals surface area contributed by atoms with Crippen LogP contribution in [0.15, 0.2) is 66.7 Å². The van der Waals surface area contributed by atoms with Gasteiger partial charge in [-0.15, -0.1) is 0 Å². The Morgan fingerprint density at radius 2 is 1.70 bits per heavy atom. The molecule has 0 radical (unpaired) electrons. The molecule has 4 amide bonds. The molecular formula is C42H53N5O6. The molecule has 2 saturated heterocycles. The van der Waals surface area contributed by atoms with E-state index in [2.05, 4.69) is 41.1 Å². The number of likely N-dealkylation sites (tertiary alicyclic amines) is 2. The number of ether oxygens (including phenoxy) is 2. The zero-order valence-electron chi connectivity index (χ0n) is 31.5. The Morgan fingerprint density at radius 3 is 2.43 bits per heavy atom. The van der Waals surface area contributed by atoms with E-state index >= 15 is 0 Å². The average Bonchev–Trinajstić information content (AvgIpc) is 3.78. The second-order valence-corrected chi connectivity index (χ2v) is 14.9. The Kier molecular flexibility index (Phi) is 11.9. The lowest BCUT2D eigenvalue weighted by molar-refractivity contribution is -0.140. The summed E-state index contributed by atoms with van der Waals surface area (Å²) in [5.41, 5.74) is 5.03. The van der Waals surface area contributed by atoms with Crippen LogP contribution in [0.25, 0.3) is 0 Å². The highest BCUT2D eigenvalue weighted by atomic mass is 16.5. The minimum absolute atomic E-state index is 0.00915. The van der Waals surface area contributed by atoms with Crippen LogP contribution in [0.1, 0.15) is 66.1 Å². The van der Waals surface area contributed by atoms with Gasteiger partial charge < -0.3 is 35.2 Å². The predicted molar refractivity (Wildman–Crippen MR) is 204 cm³/mol. The smallest absolute Gasteiger partial charge is 0.254 e. The number of amides is 4. The fourth-order valence-electron chi connectivity index (χ4n) is 8.36. The first-order valence-corrected chi connectivity index (χ1v) is 18.9. The van der Waals surface area contributed by atoms with Gasteiger partial charge in [0.05, 0.1) is 19.1 Å². The van der Waals surface area contributed by atoms with Gasteiger partial charge in [-0.1, -0.05) is 42.5 Å². The summed E-state index contributed by atoms with van der Waals surface area (Å²) in [6.45, 7) is 8.07. The van der Waals surface area contributed by atoms with Crippen LogP contribution in [0.3, 0.4) is 0 Å². The van der Waals surface area contributed by atoms with Crippen LogP contribution in [-0.2, 0) is 20.8 Å². The Labute approximate surface area is 312 Å². The Bertz CT molecular complexity index is 1800. The highest BCUT2D eigenvalue weighted by Crippen LogP contribution is 2.40. The molecule has 0 spiro atoms. The number of rotatable bonds is 13. The molecule has 2 fully saturated rings. The molecule has 6 rings (SSSR count). The molecule has 3 heterocycles. The van der Waals surface area contributed by atoms with E-state index in [1.807, 2.05) is 49.1 Å². The highest BCUT2D eigenvalue weighted by molar-refractivity contribution is 5.95. The van der Waals surface area contributed by atoms with E-state index in [1.54, 1.807) is 37.3 Å². The van der Waals surface area contributed by atoms with Gasteiger partial charge in [-0.2, -0.15) is 0 Å². The standard InChI is InChI=1S/C42H53N5O6/c1-26(2)53-36-18-17-29(19-37(36)52-5)42(51)47-23-31-22-46(38(48)20-30-21-44-34-15-9-11-27(3)39(30)34)25-33(32(31)24-47)40(49)45-35(41(50)43-4)16-10-14-28-12-7-6-8-13-28/h6-9,11-13,15,17-19,26,30-33,35,44H,10,14,16,20-25H2,1-5H3,(H,43,50)(H,45,49)/t30?,31?,32?,33?,35-/m0/s1. The maximum atomic E-state index is 14.3. The number of hydrogen-bond acceptors (Lipinski definition) is 7. The molecule has 11 heteroatoms. The number of aryl methyl sites for hydroxylation is 2. The van der Waals surface area contributed by atoms with E-state index < -0.39 is 12.0 Å². The number of hydrogen-bond donors (Lipinski definition) is 3. The molecule has 5 atom stereocenters. The normalized spacial score (nSPS) is 20.9. The van der Waals surface area contributed by atoms with E-state index in [1.165, 1.54) is 11.1 Å². The second-order valence-electron chi connectivity index (χ2n) is 14.9. The van der Waals surface area contributed by atoms with Gasteiger partial charge in [0.15, 0.2) is 11.5 Å². The third-order valence-electron chi connectivity index (χ3n) is 11.0. The predicted octanol–water partition coefficient (Wildman–Crippen LogP) is 4.79. The van der Waals surface area contributed by atoms with E-state index in [9.17, 15) is 19.2 Å². The summed E-state index contributed by atoms with van der Waals surface area (Å²) in [5.74, 6) is -0.509. The van der Waals surface area contributed by atoms with Crippen LogP contribution in [0.2, 0.25) is 0 Å². The molecule has 0 saturated carbocycles. The van der Waals surface area contributed by atoms with Gasteiger partial charge in [0.1, 0.15) is 6.04 Å². The number of likely N-dealkylation sites (N-methyl/N-ethyl adjacent to an activating group) is 1. The third-order valence-corrected chi connectivity index (χ3v) is 11.0. The molecule has 0 bridgehead atoms. The van der Waals surface area contributed by atoms with Crippen LogP contribution in [-0.4, -0.2) is 92.5 Å². The van der Waals surface area contributed by atoms with Crippen molar-refractivity contribution in [3.63, 3.8) is 0 Å². The first-order valence-electron chi connectivity index (χ1n) is 18.9. The lowest BCUT2D eigenvalue weighted by atomic mass is 9.78. The number of anilines is 1. The van der Waals surface area contributed by atoms with E-state index in [0.717, 1.165) is 17.7 Å². The van der Waals surface area contributed by atoms with Crippen LogP contribution in [0.5, 0.6) is 11.5 Å². The van der Waals surface area contributed by atoms with Gasteiger partial charge in [0, 0.05) is 63.4 Å². The fraction of sp³-hybridized carbons (Fsp3) is 0.476. The molecule has 4 unspecified atom stereocenters. The van der Waals surface area contributed by atoms with Gasteiger partial charge in [-0.3, -0.25) is 19.2 Å². The number of nitrogens with zero attached hydrogens (tertiary/aromatic N) is 2. The number of nitrogens with one attached hydrogen (secondary N) is 3. The Morgan fingerprint density at radius 1 is 0.925 bits per heavy atom. The van der Waals surface area contributed by atoms with Gasteiger partial charge >= 0.3 is 0 Å². The van der Waals surface area contributed by atoms with Crippen molar-refractivity contribution in [3.05, 3.63) is 89.0 Å². The fourth-order valence-corrected chi connectivity index (χ4v) is 8.36. The zero-order chi connectivity index (χ0) is 37.6. The first-order chi connectivity index (χ1) is 25.6. The van der Waals surface area contributed by atoms with Crippen molar-refractivity contribution in [2.75, 3.05) is 52.2 Å². The zero-order valence-corrected chi connectivity index (χ0v) is 31.5. The quantitative estimate of drug-likeness (QED) is 0.231. The highest BCUT2D eigenvalue weighted by Gasteiger charge is 2.48. The van der Waals surface area contributed by atoms with Crippen molar-refractivity contribution in [2.24, 2.45) is 17.8 Å². The van der Waals surface area contributed by atoms with Crippen molar-refractivity contribution >= 4 is 29.3 Å². The maximum Gasteiger partial charge on any atom is 0.254 e. The van der Waals surface area contributed by atoms with Gasteiger partial charge in [-0.25, -0.2) is 0 Å². The molecule has 3 aliphatic rings. The van der Waals surface area contributed by atoms with Crippen LogP contribution >= 0.6 is 0 Å². The molecule has 282 valence electrons. The molecule has 0 aliphatic carbocycles. The second kappa shape index (κ2) is 16.7. The van der Waals surface area contributed by atoms with Gasteiger partial charge in [-0.05, 0) is 92.8 Å². The number of carbonyl (C=O) groups excluding carboxylic acids is 4. The van der Waals surface area contributed by atoms with Crippen LogP contribution < -0.4 is 25.4 Å². The van der Waals surface area contributed by atoms with E-state index in [4.69, 9.17) is 9.47 Å². The number of benzene rings is 3. The van der Waals surface area contributed by atoms with Gasteiger partial charge in [0.25, 0.3) is 5.91 Å². The van der Waals surface area contributed by atoms with Crippen LogP contribution in [0.4, 0.5) is 5.69 Å². The van der Waals surface area contributed by atoms with Crippen molar-refractivity contribution in [3.8, 4) is 11.5 Å². The number of fused-ring (bicyclic) bond motifs is 2. The van der Waals surface area contributed by atoms with Crippen molar-refractivity contribution < 1.29 is 28.7 Å². The minimum atomic E-state index is -0.719. The summed E-state index contributed by atoms with van der Waals surface area (Å²) >= 11 is 0. The Hall–Kier alpha value is -5.06. The van der Waals surface area contributed by atoms with Crippen molar-refractivity contribution in [1.82, 2.24) is 20.4 Å². The number of methoxy groups -OCH3 is 1. The third kappa shape index (κ3) is 8.61. The monoisotopic (exact) mass is 723 g/mol. The Balaban J connectivity index is 1.21. The molecule has 0 aromatic heterocycles. The largest absolute Gasteiger partial charge is 0.493 e. The van der Waals surface area contributed by atoms with E-state index in [-0.39, 0.29) is 54.0 Å². The molecule has 3 N–H and O–H groups in total. The number of carbonyl (C=O) groups is 4. The van der Waals surface area contributed by atoms with Crippen molar-refractivity contribution in [1.29, 1.82) is 0 Å². The lowest BCUT2D eigenvalue weighted by Gasteiger charge is -2.40. The molecule has 3 aromatic carbocycles. The first kappa shape index (κ1) is 37.7. The number of piperidine rings is 1. The van der Waals surface area contributed by atoms with E-state index in [0.29, 0.717) is 62.5 Å². The minimum Gasteiger partial charge on any atom is -0.493 e. The summed E-state index contributed by atoms with van der Waals surface area (Å²) in [6, 6.07) is 20.7. The SMILES string of the molecule is CNC(=O)[C@H](CCCc1ccccc1)NC(=O)C1CN(C(=O)CC2CNc3cccc(C)c32)CC2CN(C(=O)c3ccc(OC(C)C)c(OC)c3)CC21.